The van der Waals surface area contributed by atoms with Gasteiger partial charge in [-0.2, -0.15) is 0 Å². The zero-order valence-electron chi connectivity index (χ0n) is 14.6. The summed E-state index contributed by atoms with van der Waals surface area (Å²) in [5.41, 5.74) is 2.04. The molecule has 0 unspecified atom stereocenters. The number of hydrogen-bond acceptors (Lipinski definition) is 6. The van der Waals surface area contributed by atoms with E-state index in [1.54, 1.807) is 23.4 Å². The van der Waals surface area contributed by atoms with E-state index in [-0.39, 0.29) is 11.5 Å². The molecule has 4 rings (SSSR count). The summed E-state index contributed by atoms with van der Waals surface area (Å²) in [5.74, 6) is 0.717. The highest BCUT2D eigenvalue weighted by Gasteiger charge is 2.23. The highest BCUT2D eigenvalue weighted by molar-refractivity contribution is 5.94. The molecule has 0 aromatic carbocycles. The van der Waals surface area contributed by atoms with Crippen molar-refractivity contribution in [1.29, 1.82) is 0 Å². The van der Waals surface area contributed by atoms with Gasteiger partial charge in [-0.3, -0.25) is 14.6 Å². The van der Waals surface area contributed by atoms with Crippen molar-refractivity contribution in [3.05, 3.63) is 70.9 Å². The lowest BCUT2D eigenvalue weighted by Gasteiger charge is -2.35. The first-order valence-corrected chi connectivity index (χ1v) is 8.68. The van der Waals surface area contributed by atoms with Crippen molar-refractivity contribution >= 4 is 11.7 Å². The fourth-order valence-electron chi connectivity index (χ4n) is 3.04. The molecule has 1 N–H and O–H groups in total. The van der Waals surface area contributed by atoms with Crippen molar-refractivity contribution in [1.82, 2.24) is 25.1 Å². The maximum Gasteiger partial charge on any atom is 0.255 e. The van der Waals surface area contributed by atoms with E-state index < -0.39 is 0 Å². The molecule has 3 aromatic heterocycles. The van der Waals surface area contributed by atoms with Gasteiger partial charge >= 0.3 is 0 Å². The molecule has 1 aliphatic rings. The van der Waals surface area contributed by atoms with Crippen LogP contribution >= 0.6 is 0 Å². The molecule has 1 fully saturated rings. The lowest BCUT2D eigenvalue weighted by atomic mass is 10.2. The van der Waals surface area contributed by atoms with E-state index in [9.17, 15) is 9.59 Å². The molecule has 8 heteroatoms. The number of amides is 1. The second-order valence-corrected chi connectivity index (χ2v) is 6.23. The molecule has 0 bridgehead atoms. The first kappa shape index (κ1) is 16.9. The molecule has 3 aromatic rings. The smallest absolute Gasteiger partial charge is 0.255 e. The van der Waals surface area contributed by atoms with E-state index in [4.69, 9.17) is 0 Å². The Kier molecular flexibility index (Phi) is 4.61. The van der Waals surface area contributed by atoms with E-state index in [2.05, 4.69) is 25.1 Å². The molecule has 0 aliphatic carbocycles. The Morgan fingerprint density at radius 2 is 1.70 bits per heavy atom. The van der Waals surface area contributed by atoms with E-state index in [1.807, 2.05) is 24.3 Å². The fraction of sp³-hybridized carbons (Fsp3) is 0.211. The van der Waals surface area contributed by atoms with Crippen molar-refractivity contribution in [3.8, 4) is 11.3 Å². The van der Waals surface area contributed by atoms with E-state index in [0.717, 1.165) is 17.1 Å². The van der Waals surface area contributed by atoms with Gasteiger partial charge in [-0.25, -0.2) is 0 Å². The van der Waals surface area contributed by atoms with Crippen LogP contribution in [0.3, 0.4) is 0 Å². The second kappa shape index (κ2) is 7.36. The quantitative estimate of drug-likeness (QED) is 0.752. The summed E-state index contributed by atoms with van der Waals surface area (Å²) in [5, 5.41) is 8.63. The van der Waals surface area contributed by atoms with Crippen LogP contribution in [0.2, 0.25) is 0 Å². The molecule has 0 saturated carbocycles. The van der Waals surface area contributed by atoms with Crippen LogP contribution in [-0.4, -0.2) is 57.2 Å². The lowest BCUT2D eigenvalue weighted by Crippen LogP contribution is -2.49. The maximum absolute atomic E-state index is 12.5. The molecule has 0 atom stereocenters. The van der Waals surface area contributed by atoms with Crippen molar-refractivity contribution in [2.45, 2.75) is 0 Å². The van der Waals surface area contributed by atoms with E-state index in [0.29, 0.717) is 31.7 Å². The lowest BCUT2D eigenvalue weighted by molar-refractivity contribution is 0.0746. The second-order valence-electron chi connectivity index (χ2n) is 6.23. The highest BCUT2D eigenvalue weighted by atomic mass is 16.2. The van der Waals surface area contributed by atoms with Crippen molar-refractivity contribution in [2.24, 2.45) is 0 Å². The number of aromatic amines is 1. The Hall–Kier alpha value is -3.55. The van der Waals surface area contributed by atoms with Crippen molar-refractivity contribution < 1.29 is 4.79 Å². The normalized spacial score (nSPS) is 14.2. The third-order valence-corrected chi connectivity index (χ3v) is 4.55. The minimum atomic E-state index is -0.217. The average Bonchev–Trinajstić information content (AvgIpc) is 2.75. The molecular formula is C19H18N6O2. The van der Waals surface area contributed by atoms with Gasteiger partial charge in [0.05, 0.1) is 11.3 Å². The first-order chi connectivity index (χ1) is 13.2. The number of pyridine rings is 2. The summed E-state index contributed by atoms with van der Waals surface area (Å²) in [6.07, 6.45) is 4.91. The van der Waals surface area contributed by atoms with Gasteiger partial charge in [0.25, 0.3) is 5.91 Å². The average molecular weight is 362 g/mol. The Balaban J connectivity index is 1.39. The zero-order valence-corrected chi connectivity index (χ0v) is 14.6. The van der Waals surface area contributed by atoms with Gasteiger partial charge in [0.1, 0.15) is 0 Å². The van der Waals surface area contributed by atoms with Crippen LogP contribution < -0.4 is 10.5 Å². The number of carbonyl (C=O) groups excluding carboxylic acids is 1. The summed E-state index contributed by atoms with van der Waals surface area (Å²) in [4.78, 5) is 34.1. The Bertz CT molecular complexity index is 959. The molecule has 1 amide bonds. The van der Waals surface area contributed by atoms with Crippen LogP contribution in [0.4, 0.5) is 5.82 Å². The number of aromatic nitrogens is 4. The largest absolute Gasteiger partial charge is 0.352 e. The molecule has 4 heterocycles. The van der Waals surface area contributed by atoms with Crippen molar-refractivity contribution in [3.63, 3.8) is 0 Å². The van der Waals surface area contributed by atoms with Crippen LogP contribution in [-0.2, 0) is 0 Å². The van der Waals surface area contributed by atoms with E-state index >= 15 is 0 Å². The van der Waals surface area contributed by atoms with Gasteiger partial charge in [0.2, 0.25) is 5.56 Å². The molecular weight excluding hydrogens is 344 g/mol. The predicted octanol–water partition coefficient (Wildman–Crippen LogP) is 1.19. The number of hydrogen-bond donors (Lipinski definition) is 1. The maximum atomic E-state index is 12.5. The van der Waals surface area contributed by atoms with Gasteiger partial charge < -0.3 is 14.8 Å². The third kappa shape index (κ3) is 3.69. The van der Waals surface area contributed by atoms with E-state index in [1.165, 1.54) is 12.3 Å². The van der Waals surface area contributed by atoms with Crippen LogP contribution in [0, 0.1) is 0 Å². The number of anilines is 1. The third-order valence-electron chi connectivity index (χ3n) is 4.55. The summed E-state index contributed by atoms with van der Waals surface area (Å²) in [6.45, 7) is 2.54. The Morgan fingerprint density at radius 1 is 0.926 bits per heavy atom. The van der Waals surface area contributed by atoms with Crippen LogP contribution in [0.15, 0.2) is 59.8 Å². The van der Waals surface area contributed by atoms with Gasteiger partial charge in [-0.15, -0.1) is 10.2 Å². The zero-order chi connectivity index (χ0) is 18.6. The number of nitrogens with one attached hydrogen (secondary N) is 1. The number of H-pyrrole nitrogens is 1. The summed E-state index contributed by atoms with van der Waals surface area (Å²) < 4.78 is 0. The summed E-state index contributed by atoms with van der Waals surface area (Å²) in [6, 6.07) is 10.6. The SMILES string of the molecule is O=C(c1ccc(=O)[nH]c1)N1CCN(c2ccc(-c3ccncc3)nn2)CC1. The molecule has 1 saturated heterocycles. The molecule has 136 valence electrons. The van der Waals surface area contributed by atoms with Crippen LogP contribution in [0.1, 0.15) is 10.4 Å². The van der Waals surface area contributed by atoms with Crippen LogP contribution in [0.5, 0.6) is 0 Å². The van der Waals surface area contributed by atoms with Gasteiger partial charge in [-0.05, 0) is 30.3 Å². The number of carbonyl (C=O) groups is 1. The first-order valence-electron chi connectivity index (χ1n) is 8.68. The number of rotatable bonds is 3. The summed E-state index contributed by atoms with van der Waals surface area (Å²) in [7, 11) is 0. The Labute approximate surface area is 155 Å². The predicted molar refractivity (Wildman–Crippen MR) is 100 cm³/mol. The molecule has 27 heavy (non-hydrogen) atoms. The van der Waals surface area contributed by atoms with Gasteiger partial charge in [-0.1, -0.05) is 0 Å². The monoisotopic (exact) mass is 362 g/mol. The molecule has 0 radical (unpaired) electrons. The topological polar surface area (TPSA) is 95.1 Å². The molecule has 1 aliphatic heterocycles. The highest BCUT2D eigenvalue weighted by Crippen LogP contribution is 2.19. The number of nitrogens with zero attached hydrogens (tertiary/aromatic N) is 5. The molecule has 8 nitrogen and oxygen atoms in total. The Morgan fingerprint density at radius 3 is 2.33 bits per heavy atom. The minimum Gasteiger partial charge on any atom is -0.352 e. The number of piperazine rings is 1. The summed E-state index contributed by atoms with van der Waals surface area (Å²) >= 11 is 0. The van der Waals surface area contributed by atoms with Crippen LogP contribution in [0.25, 0.3) is 11.3 Å². The fourth-order valence-corrected chi connectivity index (χ4v) is 3.04. The standard InChI is InChI=1S/C19H18N6O2/c26-18-4-1-15(13-21-18)19(27)25-11-9-24(10-12-25)17-3-2-16(22-23-17)14-5-7-20-8-6-14/h1-8,13H,9-12H2,(H,21,26). The minimum absolute atomic E-state index is 0.0787. The van der Waals surface area contributed by atoms with Gasteiger partial charge in [0, 0.05) is 56.4 Å². The molecule has 0 spiro atoms. The van der Waals surface area contributed by atoms with Gasteiger partial charge in [0.15, 0.2) is 5.82 Å². The van der Waals surface area contributed by atoms with Crippen molar-refractivity contribution in [2.75, 3.05) is 31.1 Å².